The molecule has 0 aromatic heterocycles. The van der Waals surface area contributed by atoms with Crippen LogP contribution in [0.3, 0.4) is 0 Å². The van der Waals surface area contributed by atoms with E-state index in [4.69, 9.17) is 9.84 Å². The van der Waals surface area contributed by atoms with Crippen molar-refractivity contribution in [3.63, 3.8) is 0 Å². The third-order valence-corrected chi connectivity index (χ3v) is 3.39. The zero-order valence-electron chi connectivity index (χ0n) is 13.5. The van der Waals surface area contributed by atoms with Crippen molar-refractivity contribution in [2.75, 3.05) is 26.3 Å². The first kappa shape index (κ1) is 18.7. The Kier molecular flexibility index (Phi) is 5.42. The molecule has 22 heavy (non-hydrogen) atoms. The van der Waals surface area contributed by atoms with Gasteiger partial charge in [0.15, 0.2) is 0 Å². The maximum Gasteiger partial charge on any atom is 0.410 e. The number of nitrogens with zero attached hydrogens (tertiary/aromatic N) is 1. The van der Waals surface area contributed by atoms with E-state index in [2.05, 4.69) is 5.32 Å². The third kappa shape index (κ3) is 4.82. The Morgan fingerprint density at radius 2 is 1.68 bits per heavy atom. The van der Waals surface area contributed by atoms with Crippen molar-refractivity contribution < 1.29 is 29.6 Å². The highest BCUT2D eigenvalue weighted by Gasteiger charge is 2.50. The molecular weight excluding hydrogens is 292 g/mol. The maximum atomic E-state index is 11.9. The highest BCUT2D eigenvalue weighted by atomic mass is 16.6. The van der Waals surface area contributed by atoms with Gasteiger partial charge in [0.2, 0.25) is 0 Å². The first-order valence-electron chi connectivity index (χ1n) is 7.15. The van der Waals surface area contributed by atoms with Crippen LogP contribution < -0.4 is 5.32 Å². The van der Waals surface area contributed by atoms with Gasteiger partial charge in [-0.25, -0.2) is 4.79 Å². The number of likely N-dealkylation sites (tertiary alicyclic amines) is 1. The molecule has 0 unspecified atom stereocenters. The molecule has 1 saturated heterocycles. The van der Waals surface area contributed by atoms with Gasteiger partial charge in [-0.2, -0.15) is 0 Å². The van der Waals surface area contributed by atoms with Crippen LogP contribution in [0.4, 0.5) is 4.79 Å². The summed E-state index contributed by atoms with van der Waals surface area (Å²) in [6.45, 7) is 6.43. The predicted octanol–water partition coefficient (Wildman–Crippen LogP) is -0.217. The first-order chi connectivity index (χ1) is 9.94. The summed E-state index contributed by atoms with van der Waals surface area (Å²) in [4.78, 5) is 24.4. The molecule has 1 amide bonds. The van der Waals surface area contributed by atoms with Gasteiger partial charge < -0.3 is 25.0 Å². The third-order valence-electron chi connectivity index (χ3n) is 3.39. The van der Waals surface area contributed by atoms with Gasteiger partial charge in [-0.15, -0.1) is 0 Å². The van der Waals surface area contributed by atoms with Gasteiger partial charge in [0.1, 0.15) is 5.60 Å². The molecule has 0 atom stereocenters. The molecule has 1 heterocycles. The molecule has 0 bridgehead atoms. The Labute approximate surface area is 130 Å². The Bertz CT molecular complexity index is 422. The van der Waals surface area contributed by atoms with Crippen molar-refractivity contribution in [3.05, 3.63) is 0 Å². The van der Waals surface area contributed by atoms with Crippen LogP contribution in [0.25, 0.3) is 0 Å². The molecule has 4 N–H and O–H groups in total. The fraction of sp³-hybridized carbons (Fsp3) is 0.857. The lowest BCUT2D eigenvalue weighted by molar-refractivity contribution is -0.142. The van der Waals surface area contributed by atoms with Crippen molar-refractivity contribution in [3.8, 4) is 0 Å². The minimum absolute atomic E-state index is 0.143. The van der Waals surface area contributed by atoms with Gasteiger partial charge in [-0.1, -0.05) is 0 Å². The molecule has 1 aliphatic heterocycles. The summed E-state index contributed by atoms with van der Waals surface area (Å²) in [6.07, 6.45) is -0.730. The number of aliphatic hydroxyl groups excluding tert-OH is 2. The molecule has 1 fully saturated rings. The van der Waals surface area contributed by atoms with Gasteiger partial charge in [0, 0.05) is 13.1 Å². The number of carboxylic acids is 1. The number of amides is 1. The van der Waals surface area contributed by atoms with E-state index >= 15 is 0 Å². The van der Waals surface area contributed by atoms with Crippen LogP contribution in [0, 0.1) is 0 Å². The topological polar surface area (TPSA) is 119 Å². The molecule has 0 saturated carbocycles. The number of ether oxygens (including phenoxy) is 1. The number of carbonyl (C=O) groups is 2. The highest BCUT2D eigenvalue weighted by Crippen LogP contribution is 2.29. The molecule has 0 radical (unpaired) electrons. The van der Waals surface area contributed by atoms with Crippen LogP contribution >= 0.6 is 0 Å². The van der Waals surface area contributed by atoms with Gasteiger partial charge >= 0.3 is 12.1 Å². The minimum atomic E-state index is -1.02. The Hall–Kier alpha value is -1.38. The molecule has 0 aliphatic carbocycles. The molecule has 1 aliphatic rings. The van der Waals surface area contributed by atoms with E-state index in [1.165, 1.54) is 4.90 Å². The van der Waals surface area contributed by atoms with Crippen molar-refractivity contribution in [2.45, 2.75) is 50.8 Å². The van der Waals surface area contributed by atoms with E-state index in [1.54, 1.807) is 27.7 Å². The fourth-order valence-electron chi connectivity index (χ4n) is 2.43. The lowest BCUT2D eigenvalue weighted by Crippen LogP contribution is -2.75. The van der Waals surface area contributed by atoms with Gasteiger partial charge in [-0.05, 0) is 27.7 Å². The van der Waals surface area contributed by atoms with Crippen LogP contribution in [0.5, 0.6) is 0 Å². The predicted molar refractivity (Wildman–Crippen MR) is 78.5 cm³/mol. The largest absolute Gasteiger partial charge is 0.481 e. The minimum Gasteiger partial charge on any atom is -0.481 e. The SMILES string of the molecule is CC(CO)(CO)NC1(CC(=O)O)CN(C(=O)OC(C)(C)C)C1. The first-order valence-corrected chi connectivity index (χ1v) is 7.15. The summed E-state index contributed by atoms with van der Waals surface area (Å²) in [5.74, 6) is -1.02. The van der Waals surface area contributed by atoms with E-state index in [0.29, 0.717) is 0 Å². The molecule has 128 valence electrons. The number of nitrogens with one attached hydrogen (secondary N) is 1. The summed E-state index contributed by atoms with van der Waals surface area (Å²) < 4.78 is 5.24. The lowest BCUT2D eigenvalue weighted by Gasteiger charge is -2.53. The Balaban J connectivity index is 2.75. The Morgan fingerprint density at radius 1 is 1.18 bits per heavy atom. The zero-order chi connectivity index (χ0) is 17.2. The van der Waals surface area contributed by atoms with Crippen molar-refractivity contribution in [1.29, 1.82) is 0 Å². The van der Waals surface area contributed by atoms with Crippen LogP contribution in [0.1, 0.15) is 34.1 Å². The smallest absolute Gasteiger partial charge is 0.410 e. The summed E-state index contributed by atoms with van der Waals surface area (Å²) in [7, 11) is 0. The van der Waals surface area contributed by atoms with E-state index in [-0.39, 0.29) is 32.7 Å². The summed E-state index contributed by atoms with van der Waals surface area (Å²) in [5, 5.41) is 30.8. The van der Waals surface area contributed by atoms with E-state index in [1.807, 2.05) is 0 Å². The maximum absolute atomic E-state index is 11.9. The van der Waals surface area contributed by atoms with Crippen LogP contribution in [0.2, 0.25) is 0 Å². The normalized spacial score (nSPS) is 17.8. The lowest BCUT2D eigenvalue weighted by atomic mass is 9.83. The van der Waals surface area contributed by atoms with E-state index in [0.717, 1.165) is 0 Å². The molecule has 0 aromatic rings. The number of carboxylic acid groups (broad SMARTS) is 1. The standard InChI is InChI=1S/C14H26N2O6/c1-12(2,3)22-11(21)16-6-14(7-16,5-10(19)20)15-13(4,8-17)9-18/h15,17-18H,5-9H2,1-4H3,(H,19,20). The fourth-order valence-corrected chi connectivity index (χ4v) is 2.43. The molecule has 0 spiro atoms. The molecule has 8 nitrogen and oxygen atoms in total. The van der Waals surface area contributed by atoms with Crippen molar-refractivity contribution >= 4 is 12.1 Å². The molecule has 8 heteroatoms. The quantitative estimate of drug-likeness (QED) is 0.534. The second-order valence-electron chi connectivity index (χ2n) is 7.19. The number of carbonyl (C=O) groups excluding carboxylic acids is 1. The second kappa shape index (κ2) is 6.39. The number of aliphatic hydroxyl groups is 2. The number of hydrogen-bond acceptors (Lipinski definition) is 6. The number of aliphatic carboxylic acids is 1. The number of rotatable bonds is 6. The average molecular weight is 318 g/mol. The summed E-state index contributed by atoms with van der Waals surface area (Å²) >= 11 is 0. The second-order valence-corrected chi connectivity index (χ2v) is 7.19. The van der Waals surface area contributed by atoms with Crippen molar-refractivity contribution in [1.82, 2.24) is 10.2 Å². The summed E-state index contributed by atoms with van der Waals surface area (Å²) in [6, 6.07) is 0. The molecule has 0 aromatic carbocycles. The Morgan fingerprint density at radius 3 is 2.05 bits per heavy atom. The van der Waals surface area contributed by atoms with Gasteiger partial charge in [0.25, 0.3) is 0 Å². The highest BCUT2D eigenvalue weighted by molar-refractivity contribution is 5.73. The van der Waals surface area contributed by atoms with E-state index in [9.17, 15) is 19.8 Å². The zero-order valence-corrected chi connectivity index (χ0v) is 13.5. The van der Waals surface area contributed by atoms with Crippen LogP contribution in [0.15, 0.2) is 0 Å². The average Bonchev–Trinajstić information content (AvgIpc) is 2.32. The van der Waals surface area contributed by atoms with Gasteiger partial charge in [0.05, 0.1) is 30.7 Å². The monoisotopic (exact) mass is 318 g/mol. The van der Waals surface area contributed by atoms with Crippen molar-refractivity contribution in [2.24, 2.45) is 0 Å². The number of hydrogen-bond donors (Lipinski definition) is 4. The van der Waals surface area contributed by atoms with Crippen LogP contribution in [-0.2, 0) is 9.53 Å². The van der Waals surface area contributed by atoms with Gasteiger partial charge in [-0.3, -0.25) is 10.1 Å². The summed E-state index contributed by atoms with van der Waals surface area (Å²) in [5.41, 5.74) is -2.53. The molecule has 1 rings (SSSR count). The molecular formula is C14H26N2O6. The van der Waals surface area contributed by atoms with E-state index < -0.39 is 28.7 Å². The van der Waals surface area contributed by atoms with Crippen LogP contribution in [-0.4, -0.2) is 75.3 Å².